The molecule has 1 N–H and O–H groups in total. The molecular formula is C15H25N3O. The fourth-order valence-corrected chi connectivity index (χ4v) is 4.15. The average molecular weight is 263 g/mol. The Kier molecular flexibility index (Phi) is 3.03. The van der Waals surface area contributed by atoms with Crippen molar-refractivity contribution in [3.8, 4) is 0 Å². The van der Waals surface area contributed by atoms with E-state index in [4.69, 9.17) is 0 Å². The van der Waals surface area contributed by atoms with Crippen LogP contribution in [-0.4, -0.2) is 60.5 Å². The van der Waals surface area contributed by atoms with Gasteiger partial charge in [-0.15, -0.1) is 0 Å². The van der Waals surface area contributed by atoms with Crippen LogP contribution in [-0.2, 0) is 4.79 Å². The lowest BCUT2D eigenvalue weighted by atomic mass is 9.88. The molecule has 0 radical (unpaired) electrons. The van der Waals surface area contributed by atoms with Crippen molar-refractivity contribution in [2.45, 2.75) is 44.2 Å². The zero-order valence-corrected chi connectivity index (χ0v) is 11.7. The summed E-state index contributed by atoms with van der Waals surface area (Å²) in [4.78, 5) is 17.3. The van der Waals surface area contributed by atoms with Crippen LogP contribution in [0.25, 0.3) is 0 Å². The second-order valence-corrected chi connectivity index (χ2v) is 6.96. The Morgan fingerprint density at radius 1 is 1.05 bits per heavy atom. The normalized spacial score (nSPS) is 38.9. The summed E-state index contributed by atoms with van der Waals surface area (Å²) in [6, 6.07) is 1.12. The minimum absolute atomic E-state index is 0.286. The van der Waals surface area contributed by atoms with Gasteiger partial charge in [0.2, 0.25) is 5.91 Å². The van der Waals surface area contributed by atoms with Gasteiger partial charge in [-0.2, -0.15) is 0 Å². The molecule has 4 aliphatic rings. The van der Waals surface area contributed by atoms with E-state index in [2.05, 4.69) is 15.1 Å². The number of hydrogen-bond acceptors (Lipinski definition) is 3. The van der Waals surface area contributed by atoms with Crippen LogP contribution in [0.3, 0.4) is 0 Å². The zero-order chi connectivity index (χ0) is 12.8. The van der Waals surface area contributed by atoms with Crippen LogP contribution in [0.1, 0.15) is 32.1 Å². The van der Waals surface area contributed by atoms with Crippen LogP contribution in [0.4, 0.5) is 0 Å². The van der Waals surface area contributed by atoms with Crippen molar-refractivity contribution in [2.24, 2.45) is 11.8 Å². The Labute approximate surface area is 115 Å². The van der Waals surface area contributed by atoms with E-state index in [-0.39, 0.29) is 5.92 Å². The van der Waals surface area contributed by atoms with Crippen LogP contribution in [0.5, 0.6) is 0 Å². The molecule has 0 aromatic rings. The third kappa shape index (κ3) is 2.40. The second kappa shape index (κ2) is 4.74. The van der Waals surface area contributed by atoms with E-state index in [0.29, 0.717) is 18.0 Å². The molecule has 0 aromatic heterocycles. The molecule has 3 atom stereocenters. The Bertz CT molecular complexity index is 360. The number of amides is 1. The highest BCUT2D eigenvalue weighted by molar-refractivity contribution is 5.80. The van der Waals surface area contributed by atoms with E-state index < -0.39 is 0 Å². The van der Waals surface area contributed by atoms with Crippen molar-refractivity contribution in [3.05, 3.63) is 0 Å². The number of rotatable bonds is 3. The summed E-state index contributed by atoms with van der Waals surface area (Å²) in [6.07, 6.45) is 6.43. The van der Waals surface area contributed by atoms with Crippen molar-refractivity contribution in [1.29, 1.82) is 0 Å². The molecule has 106 valence electrons. The van der Waals surface area contributed by atoms with Crippen molar-refractivity contribution in [2.75, 3.05) is 32.7 Å². The van der Waals surface area contributed by atoms with Crippen LogP contribution in [0.15, 0.2) is 0 Å². The highest BCUT2D eigenvalue weighted by Crippen LogP contribution is 2.34. The molecule has 0 spiro atoms. The molecule has 4 nitrogen and oxygen atoms in total. The van der Waals surface area contributed by atoms with Crippen molar-refractivity contribution >= 4 is 5.91 Å². The molecular weight excluding hydrogens is 238 g/mol. The summed E-state index contributed by atoms with van der Waals surface area (Å²) in [5, 5.41) is 3.58. The third-order valence-corrected chi connectivity index (χ3v) is 5.51. The molecule has 4 rings (SSSR count). The van der Waals surface area contributed by atoms with Crippen molar-refractivity contribution in [3.63, 3.8) is 0 Å². The van der Waals surface area contributed by atoms with Gasteiger partial charge in [-0.05, 0) is 38.0 Å². The Morgan fingerprint density at radius 3 is 2.42 bits per heavy atom. The number of nitrogens with one attached hydrogen (secondary N) is 1. The predicted molar refractivity (Wildman–Crippen MR) is 73.8 cm³/mol. The highest BCUT2D eigenvalue weighted by atomic mass is 16.2. The molecule has 2 bridgehead atoms. The Morgan fingerprint density at radius 2 is 1.84 bits per heavy atom. The van der Waals surface area contributed by atoms with E-state index in [1.807, 2.05) is 0 Å². The van der Waals surface area contributed by atoms with Gasteiger partial charge in [0.15, 0.2) is 0 Å². The predicted octanol–water partition coefficient (Wildman–Crippen LogP) is 0.681. The smallest absolute Gasteiger partial charge is 0.227 e. The molecule has 1 saturated carbocycles. The number of carbonyl (C=O) groups excluding carboxylic acids is 1. The number of piperazine rings is 1. The van der Waals surface area contributed by atoms with Gasteiger partial charge in [0.05, 0.1) is 5.92 Å². The fourth-order valence-electron chi connectivity index (χ4n) is 4.15. The maximum atomic E-state index is 12.6. The molecule has 19 heavy (non-hydrogen) atoms. The van der Waals surface area contributed by atoms with Gasteiger partial charge >= 0.3 is 0 Å². The monoisotopic (exact) mass is 263 g/mol. The molecule has 0 aromatic carbocycles. The molecule has 3 unspecified atom stereocenters. The van der Waals surface area contributed by atoms with Crippen molar-refractivity contribution < 1.29 is 4.79 Å². The summed E-state index contributed by atoms with van der Waals surface area (Å²) in [6.45, 7) is 5.38. The first-order chi connectivity index (χ1) is 9.29. The SMILES string of the molecule is O=C(C1CC2CCC1N2)N1CCN(CC2CC2)CC1. The molecule has 3 aliphatic heterocycles. The quantitative estimate of drug-likeness (QED) is 0.813. The van der Waals surface area contributed by atoms with E-state index in [1.165, 1.54) is 32.2 Å². The van der Waals surface area contributed by atoms with Gasteiger partial charge in [-0.1, -0.05) is 0 Å². The minimum Gasteiger partial charge on any atom is -0.340 e. The van der Waals surface area contributed by atoms with Gasteiger partial charge in [-0.25, -0.2) is 0 Å². The standard InChI is InChI=1S/C15H25N3O/c19-15(13-9-12-3-4-14(13)16-12)18-7-5-17(6-8-18)10-11-1-2-11/h11-14,16H,1-10H2. The van der Waals surface area contributed by atoms with Gasteiger partial charge in [0.1, 0.15) is 0 Å². The number of nitrogens with zero attached hydrogens (tertiary/aromatic N) is 2. The molecule has 4 fully saturated rings. The number of hydrogen-bond donors (Lipinski definition) is 1. The van der Waals surface area contributed by atoms with Crippen LogP contribution < -0.4 is 5.32 Å². The Balaban J connectivity index is 1.29. The summed E-state index contributed by atoms with van der Waals surface area (Å²) in [5.74, 6) is 1.69. The van der Waals surface area contributed by atoms with Gasteiger partial charge in [-0.3, -0.25) is 9.69 Å². The maximum absolute atomic E-state index is 12.6. The van der Waals surface area contributed by atoms with E-state index in [9.17, 15) is 4.79 Å². The second-order valence-electron chi connectivity index (χ2n) is 6.96. The summed E-state index contributed by atoms with van der Waals surface area (Å²) in [7, 11) is 0. The third-order valence-electron chi connectivity index (χ3n) is 5.51. The first-order valence-electron chi connectivity index (χ1n) is 8.07. The van der Waals surface area contributed by atoms with Crippen LogP contribution in [0.2, 0.25) is 0 Å². The highest BCUT2D eigenvalue weighted by Gasteiger charge is 2.44. The van der Waals surface area contributed by atoms with Gasteiger partial charge < -0.3 is 10.2 Å². The average Bonchev–Trinajstić information content (AvgIpc) is 3.01. The summed E-state index contributed by atoms with van der Waals surface area (Å²) in [5.41, 5.74) is 0. The maximum Gasteiger partial charge on any atom is 0.227 e. The zero-order valence-electron chi connectivity index (χ0n) is 11.7. The lowest BCUT2D eigenvalue weighted by Crippen LogP contribution is -2.52. The lowest BCUT2D eigenvalue weighted by Gasteiger charge is -2.37. The van der Waals surface area contributed by atoms with Crippen molar-refractivity contribution in [1.82, 2.24) is 15.1 Å². The fraction of sp³-hybridized carbons (Fsp3) is 0.933. The first kappa shape index (κ1) is 12.2. The first-order valence-corrected chi connectivity index (χ1v) is 8.07. The minimum atomic E-state index is 0.286. The number of fused-ring (bicyclic) bond motifs is 2. The molecule has 3 heterocycles. The largest absolute Gasteiger partial charge is 0.340 e. The van der Waals surface area contributed by atoms with Gasteiger partial charge in [0, 0.05) is 44.8 Å². The van der Waals surface area contributed by atoms with E-state index >= 15 is 0 Å². The van der Waals surface area contributed by atoms with E-state index in [0.717, 1.165) is 38.5 Å². The van der Waals surface area contributed by atoms with E-state index in [1.54, 1.807) is 0 Å². The molecule has 3 saturated heterocycles. The number of carbonyl (C=O) groups is 1. The summed E-state index contributed by atoms with van der Waals surface area (Å²) >= 11 is 0. The molecule has 1 amide bonds. The topological polar surface area (TPSA) is 35.6 Å². The van der Waals surface area contributed by atoms with Gasteiger partial charge in [0.25, 0.3) is 0 Å². The molecule has 1 aliphatic carbocycles. The van der Waals surface area contributed by atoms with Crippen LogP contribution >= 0.6 is 0 Å². The molecule has 4 heteroatoms. The lowest BCUT2D eigenvalue weighted by molar-refractivity contribution is -0.138. The summed E-state index contributed by atoms with van der Waals surface area (Å²) < 4.78 is 0. The Hall–Kier alpha value is -0.610. The van der Waals surface area contributed by atoms with Crippen LogP contribution in [0, 0.1) is 11.8 Å².